The lowest BCUT2D eigenvalue weighted by Gasteiger charge is -2.11. The lowest BCUT2D eigenvalue weighted by molar-refractivity contribution is 0.102. The van der Waals surface area contributed by atoms with Crippen molar-refractivity contribution in [2.45, 2.75) is 17.7 Å². The smallest absolute Gasteiger partial charge is 0.262 e. The second-order valence-electron chi connectivity index (χ2n) is 5.62. The molecule has 2 aromatic carbocycles. The van der Waals surface area contributed by atoms with Gasteiger partial charge in [0.2, 0.25) is 0 Å². The van der Waals surface area contributed by atoms with E-state index in [9.17, 15) is 13.2 Å². The summed E-state index contributed by atoms with van der Waals surface area (Å²) in [6, 6.07) is 10.6. The number of rotatable bonds is 4. The molecule has 0 radical (unpaired) electrons. The minimum Gasteiger partial charge on any atom is -0.322 e. The van der Waals surface area contributed by atoms with Gasteiger partial charge in [-0.05, 0) is 36.8 Å². The van der Waals surface area contributed by atoms with Gasteiger partial charge in [0.1, 0.15) is 5.84 Å². The number of sulfonamides is 1. The Morgan fingerprint density at radius 1 is 1.08 bits per heavy atom. The van der Waals surface area contributed by atoms with Gasteiger partial charge < -0.3 is 5.32 Å². The van der Waals surface area contributed by atoms with Crippen LogP contribution in [0.1, 0.15) is 23.2 Å². The Bertz CT molecular complexity index is 970. The van der Waals surface area contributed by atoms with Crippen molar-refractivity contribution in [3.05, 3.63) is 58.1 Å². The van der Waals surface area contributed by atoms with Gasteiger partial charge in [-0.1, -0.05) is 35.3 Å². The summed E-state index contributed by atoms with van der Waals surface area (Å²) < 4.78 is 27.4. The summed E-state index contributed by atoms with van der Waals surface area (Å²) in [7, 11) is -3.77. The van der Waals surface area contributed by atoms with Crippen LogP contribution < -0.4 is 10.0 Å². The molecule has 1 aliphatic rings. The zero-order chi connectivity index (χ0) is 18.7. The molecular weight excluding hydrogens is 397 g/mol. The van der Waals surface area contributed by atoms with Crippen LogP contribution in [0, 0.1) is 0 Å². The molecule has 1 aliphatic heterocycles. The van der Waals surface area contributed by atoms with Gasteiger partial charge >= 0.3 is 0 Å². The highest BCUT2D eigenvalue weighted by atomic mass is 35.5. The molecule has 0 spiro atoms. The molecule has 0 bridgehead atoms. The largest absolute Gasteiger partial charge is 0.322 e. The first-order valence-corrected chi connectivity index (χ1v) is 10.0. The third kappa shape index (κ3) is 4.17. The van der Waals surface area contributed by atoms with Crippen molar-refractivity contribution in [2.24, 2.45) is 4.99 Å². The second kappa shape index (κ2) is 7.65. The standard InChI is InChI=1S/C17H15Cl2N3O3S/c18-13-6-2-7-14(19)16(13)17(23)21-11-4-1-5-12(10-11)26(24,25)22-15-8-3-9-20-15/h1-2,4-7,10H,3,8-9H2,(H,20,22)(H,21,23). The zero-order valence-electron chi connectivity index (χ0n) is 13.5. The van der Waals surface area contributed by atoms with E-state index in [0.717, 1.165) is 6.42 Å². The van der Waals surface area contributed by atoms with E-state index in [4.69, 9.17) is 23.2 Å². The number of carbonyl (C=O) groups is 1. The number of aliphatic imine (C=N–C) groups is 1. The number of nitrogens with zero attached hydrogens (tertiary/aromatic N) is 1. The molecule has 1 amide bonds. The Balaban J connectivity index is 1.82. The quantitative estimate of drug-likeness (QED) is 0.803. The van der Waals surface area contributed by atoms with Crippen molar-refractivity contribution >= 4 is 50.7 Å². The lowest BCUT2D eigenvalue weighted by Crippen LogP contribution is -2.29. The molecule has 3 rings (SSSR count). The number of amides is 1. The highest BCUT2D eigenvalue weighted by Gasteiger charge is 2.20. The van der Waals surface area contributed by atoms with E-state index in [1.54, 1.807) is 24.3 Å². The summed E-state index contributed by atoms with van der Waals surface area (Å²) in [5.41, 5.74) is 0.435. The van der Waals surface area contributed by atoms with Crippen LogP contribution >= 0.6 is 23.2 Å². The molecule has 26 heavy (non-hydrogen) atoms. The summed E-state index contributed by atoms with van der Waals surface area (Å²) >= 11 is 12.1. The van der Waals surface area contributed by atoms with Crippen LogP contribution in [-0.2, 0) is 10.0 Å². The maximum atomic E-state index is 12.5. The Hall–Kier alpha value is -2.09. The number of halogens is 2. The van der Waals surface area contributed by atoms with E-state index in [0.29, 0.717) is 24.5 Å². The van der Waals surface area contributed by atoms with Gasteiger partial charge in [0, 0.05) is 18.7 Å². The number of carbonyl (C=O) groups excluding carboxylic acids is 1. The summed E-state index contributed by atoms with van der Waals surface area (Å²) in [5.74, 6) is -0.0782. The highest BCUT2D eigenvalue weighted by molar-refractivity contribution is 7.90. The lowest BCUT2D eigenvalue weighted by atomic mass is 10.2. The molecule has 2 aromatic rings. The Morgan fingerprint density at radius 2 is 1.77 bits per heavy atom. The molecule has 0 saturated carbocycles. The monoisotopic (exact) mass is 411 g/mol. The normalized spacial score (nSPS) is 14.0. The molecule has 0 aliphatic carbocycles. The predicted molar refractivity (Wildman–Crippen MR) is 103 cm³/mol. The highest BCUT2D eigenvalue weighted by Crippen LogP contribution is 2.25. The van der Waals surface area contributed by atoms with E-state index in [2.05, 4.69) is 15.0 Å². The zero-order valence-corrected chi connectivity index (χ0v) is 15.8. The van der Waals surface area contributed by atoms with Crippen molar-refractivity contribution in [1.29, 1.82) is 0 Å². The van der Waals surface area contributed by atoms with E-state index in [1.165, 1.54) is 18.2 Å². The third-order valence-corrected chi connectivity index (χ3v) is 5.73. The minimum absolute atomic E-state index is 0.0233. The number of benzene rings is 2. The van der Waals surface area contributed by atoms with Crippen LogP contribution in [0.4, 0.5) is 5.69 Å². The summed E-state index contributed by atoms with van der Waals surface area (Å²) in [5, 5.41) is 3.03. The topological polar surface area (TPSA) is 87.6 Å². The molecule has 0 fully saturated rings. The van der Waals surface area contributed by atoms with Crippen LogP contribution in [0.3, 0.4) is 0 Å². The first-order valence-electron chi connectivity index (χ1n) is 7.78. The average Bonchev–Trinajstić information content (AvgIpc) is 3.07. The van der Waals surface area contributed by atoms with Gasteiger partial charge in [0.25, 0.3) is 15.9 Å². The van der Waals surface area contributed by atoms with Gasteiger partial charge in [0.15, 0.2) is 0 Å². The van der Waals surface area contributed by atoms with Gasteiger partial charge in [-0.15, -0.1) is 0 Å². The fraction of sp³-hybridized carbons (Fsp3) is 0.176. The maximum Gasteiger partial charge on any atom is 0.262 e. The number of nitrogens with one attached hydrogen (secondary N) is 2. The van der Waals surface area contributed by atoms with Crippen molar-refractivity contribution in [3.63, 3.8) is 0 Å². The van der Waals surface area contributed by atoms with E-state index in [1.807, 2.05) is 0 Å². The molecular formula is C17H15Cl2N3O3S. The molecule has 0 unspecified atom stereocenters. The summed E-state index contributed by atoms with van der Waals surface area (Å²) in [4.78, 5) is 16.6. The SMILES string of the molecule is O=C(Nc1cccc(S(=O)(=O)NC2=NCCC2)c1)c1c(Cl)cccc1Cl. The number of amidine groups is 1. The number of hydrogen-bond acceptors (Lipinski definition) is 4. The first kappa shape index (κ1) is 18.7. The van der Waals surface area contributed by atoms with Crippen molar-refractivity contribution in [1.82, 2.24) is 4.72 Å². The van der Waals surface area contributed by atoms with Crippen LogP contribution in [-0.4, -0.2) is 26.7 Å². The minimum atomic E-state index is -3.77. The molecule has 136 valence electrons. The average molecular weight is 412 g/mol. The fourth-order valence-corrected chi connectivity index (χ4v) is 4.19. The molecule has 1 heterocycles. The number of hydrogen-bond donors (Lipinski definition) is 2. The van der Waals surface area contributed by atoms with Gasteiger partial charge in [0.05, 0.1) is 20.5 Å². The van der Waals surface area contributed by atoms with Crippen molar-refractivity contribution < 1.29 is 13.2 Å². The molecule has 9 heteroatoms. The predicted octanol–water partition coefficient (Wildman–Crippen LogP) is 3.72. The summed E-state index contributed by atoms with van der Waals surface area (Å²) in [6.45, 7) is 0.618. The van der Waals surface area contributed by atoms with Gasteiger partial charge in [-0.2, -0.15) is 0 Å². The Kier molecular flexibility index (Phi) is 5.50. The van der Waals surface area contributed by atoms with E-state index >= 15 is 0 Å². The van der Waals surface area contributed by atoms with Gasteiger partial charge in [-0.25, -0.2) is 8.42 Å². The van der Waals surface area contributed by atoms with E-state index in [-0.39, 0.29) is 20.5 Å². The third-order valence-electron chi connectivity index (χ3n) is 3.72. The molecule has 0 aromatic heterocycles. The van der Waals surface area contributed by atoms with Crippen LogP contribution in [0.2, 0.25) is 10.0 Å². The summed E-state index contributed by atoms with van der Waals surface area (Å²) in [6.07, 6.45) is 1.42. The molecule has 6 nitrogen and oxygen atoms in total. The molecule has 0 atom stereocenters. The van der Waals surface area contributed by atoms with Crippen LogP contribution in [0.5, 0.6) is 0 Å². The maximum absolute atomic E-state index is 12.5. The van der Waals surface area contributed by atoms with Gasteiger partial charge in [-0.3, -0.25) is 14.5 Å². The number of anilines is 1. The Labute approximate surface area is 161 Å². The van der Waals surface area contributed by atoms with Crippen LogP contribution in [0.25, 0.3) is 0 Å². The Morgan fingerprint density at radius 3 is 2.42 bits per heavy atom. The second-order valence-corrected chi connectivity index (χ2v) is 8.11. The van der Waals surface area contributed by atoms with Crippen molar-refractivity contribution in [3.8, 4) is 0 Å². The van der Waals surface area contributed by atoms with Crippen LogP contribution in [0.15, 0.2) is 52.4 Å². The first-order chi connectivity index (χ1) is 12.4. The molecule has 2 N–H and O–H groups in total. The van der Waals surface area contributed by atoms with Crippen molar-refractivity contribution in [2.75, 3.05) is 11.9 Å². The van der Waals surface area contributed by atoms with E-state index < -0.39 is 15.9 Å². The molecule has 0 saturated heterocycles. The fourth-order valence-electron chi connectivity index (χ4n) is 2.49.